The van der Waals surface area contributed by atoms with Gasteiger partial charge in [-0.2, -0.15) is 0 Å². The number of carbonyl (C=O) groups is 3. The van der Waals surface area contributed by atoms with Gasteiger partial charge < -0.3 is 5.73 Å². The molecule has 4 aliphatic rings. The summed E-state index contributed by atoms with van der Waals surface area (Å²) in [6, 6.07) is 9.52. The van der Waals surface area contributed by atoms with Crippen molar-refractivity contribution in [3.63, 3.8) is 0 Å². The average molecular weight is 324 g/mol. The third-order valence-corrected chi connectivity index (χ3v) is 5.83. The zero-order valence-corrected chi connectivity index (χ0v) is 13.4. The Morgan fingerprint density at radius 3 is 2.58 bits per heavy atom. The number of rotatable bonds is 4. The molecule has 24 heavy (non-hydrogen) atoms. The molecule has 1 aromatic rings. The maximum atomic E-state index is 13.1. The van der Waals surface area contributed by atoms with Gasteiger partial charge in [0.2, 0.25) is 17.7 Å². The fraction of sp³-hybridized carbons (Fsp3) is 0.421. The summed E-state index contributed by atoms with van der Waals surface area (Å²) in [6.45, 7) is 0.297. The number of hydrogen-bond acceptors (Lipinski definition) is 3. The highest BCUT2D eigenvalue weighted by Crippen LogP contribution is 2.58. The molecule has 5 heteroatoms. The summed E-state index contributed by atoms with van der Waals surface area (Å²) >= 11 is 0. The predicted octanol–water partition coefficient (Wildman–Crippen LogP) is 1.63. The average Bonchev–Trinajstić information content (AvgIpc) is 2.83. The SMILES string of the molecule is NC(=O)CC12C=CC(CC1)C1C(=O)N(Cc3ccccc3)C(=O)C12. The number of nitrogens with two attached hydrogens (primary N) is 1. The van der Waals surface area contributed by atoms with E-state index in [1.807, 2.05) is 42.5 Å². The Bertz CT molecular complexity index is 742. The Kier molecular flexibility index (Phi) is 3.34. The van der Waals surface area contributed by atoms with Crippen LogP contribution in [0.5, 0.6) is 0 Å². The highest BCUT2D eigenvalue weighted by molar-refractivity contribution is 6.06. The Balaban J connectivity index is 1.68. The van der Waals surface area contributed by atoms with Crippen LogP contribution in [0, 0.1) is 23.2 Å². The first-order valence-corrected chi connectivity index (χ1v) is 8.39. The molecule has 3 amide bonds. The smallest absolute Gasteiger partial charge is 0.234 e. The first-order valence-electron chi connectivity index (χ1n) is 8.39. The topological polar surface area (TPSA) is 80.5 Å². The van der Waals surface area contributed by atoms with Crippen molar-refractivity contribution in [1.82, 2.24) is 4.90 Å². The molecule has 0 aromatic heterocycles. The van der Waals surface area contributed by atoms with Gasteiger partial charge in [-0.3, -0.25) is 19.3 Å². The van der Waals surface area contributed by atoms with Gasteiger partial charge in [0.1, 0.15) is 0 Å². The summed E-state index contributed by atoms with van der Waals surface area (Å²) in [6.07, 6.45) is 5.71. The highest BCUT2D eigenvalue weighted by atomic mass is 16.2. The lowest BCUT2D eigenvalue weighted by molar-refractivity contribution is -0.141. The van der Waals surface area contributed by atoms with Crippen molar-refractivity contribution in [2.45, 2.75) is 25.8 Å². The van der Waals surface area contributed by atoms with Crippen LogP contribution in [0.3, 0.4) is 0 Å². The van der Waals surface area contributed by atoms with Crippen LogP contribution in [0.2, 0.25) is 0 Å². The van der Waals surface area contributed by atoms with E-state index in [9.17, 15) is 14.4 Å². The van der Waals surface area contributed by atoms with Crippen molar-refractivity contribution in [3.8, 4) is 0 Å². The Morgan fingerprint density at radius 1 is 1.21 bits per heavy atom. The van der Waals surface area contributed by atoms with E-state index in [1.165, 1.54) is 4.90 Å². The minimum atomic E-state index is -0.580. The van der Waals surface area contributed by atoms with Gasteiger partial charge in [-0.05, 0) is 24.3 Å². The summed E-state index contributed by atoms with van der Waals surface area (Å²) in [5.41, 5.74) is 5.79. The zero-order chi connectivity index (χ0) is 16.9. The van der Waals surface area contributed by atoms with E-state index < -0.39 is 17.2 Å². The van der Waals surface area contributed by atoms with Gasteiger partial charge in [-0.25, -0.2) is 0 Å². The molecule has 4 atom stereocenters. The number of fused-ring (bicyclic) bond motifs is 1. The molecule has 1 saturated carbocycles. The molecule has 1 heterocycles. The lowest BCUT2D eigenvalue weighted by atomic mass is 9.53. The Hall–Kier alpha value is -2.43. The third-order valence-electron chi connectivity index (χ3n) is 5.83. The number of allylic oxidation sites excluding steroid dienone is 2. The zero-order valence-electron chi connectivity index (χ0n) is 13.4. The molecule has 5 nitrogen and oxygen atoms in total. The number of amides is 3. The standard InChI is InChI=1S/C19H20N2O3/c20-14(22)10-19-8-6-13(7-9-19)15-16(19)18(24)21(17(15)23)11-12-4-2-1-3-5-12/h1-6,8,13,15-16H,7,9-11H2,(H2,20,22). The second-order valence-electron chi connectivity index (χ2n) is 7.19. The molecule has 4 unspecified atom stereocenters. The van der Waals surface area contributed by atoms with Crippen molar-refractivity contribution < 1.29 is 14.4 Å². The van der Waals surface area contributed by atoms with Crippen LogP contribution < -0.4 is 5.73 Å². The molecule has 2 N–H and O–H groups in total. The van der Waals surface area contributed by atoms with E-state index >= 15 is 0 Å². The van der Waals surface area contributed by atoms with Crippen LogP contribution in [0.15, 0.2) is 42.5 Å². The van der Waals surface area contributed by atoms with E-state index in [1.54, 1.807) is 0 Å². The van der Waals surface area contributed by atoms with Crippen molar-refractivity contribution in [2.24, 2.45) is 28.9 Å². The fourth-order valence-electron chi connectivity index (χ4n) is 4.78. The largest absolute Gasteiger partial charge is 0.370 e. The van der Waals surface area contributed by atoms with Crippen molar-refractivity contribution in [1.29, 1.82) is 0 Å². The molecule has 0 radical (unpaired) electrons. The number of benzene rings is 1. The number of nitrogens with zero attached hydrogens (tertiary/aromatic N) is 1. The molecule has 1 aliphatic heterocycles. The van der Waals surface area contributed by atoms with E-state index in [4.69, 9.17) is 5.73 Å². The van der Waals surface area contributed by atoms with E-state index in [-0.39, 0.29) is 30.1 Å². The van der Waals surface area contributed by atoms with Crippen LogP contribution >= 0.6 is 0 Å². The number of imide groups is 1. The highest BCUT2D eigenvalue weighted by Gasteiger charge is 2.62. The maximum absolute atomic E-state index is 13.1. The monoisotopic (exact) mass is 324 g/mol. The molecule has 2 bridgehead atoms. The molecule has 5 rings (SSSR count). The predicted molar refractivity (Wildman–Crippen MR) is 87.1 cm³/mol. The second kappa shape index (κ2) is 5.30. The van der Waals surface area contributed by atoms with Crippen molar-refractivity contribution in [2.75, 3.05) is 0 Å². The van der Waals surface area contributed by atoms with Crippen LogP contribution in [0.1, 0.15) is 24.8 Å². The molecule has 1 aromatic carbocycles. The van der Waals surface area contributed by atoms with Gasteiger partial charge in [0.15, 0.2) is 0 Å². The van der Waals surface area contributed by atoms with Gasteiger partial charge in [-0.15, -0.1) is 0 Å². The van der Waals surface area contributed by atoms with Crippen LogP contribution in [0.4, 0.5) is 0 Å². The number of carbonyl (C=O) groups excluding carboxylic acids is 3. The lowest BCUT2D eigenvalue weighted by Crippen LogP contribution is -2.48. The van der Waals surface area contributed by atoms with Crippen molar-refractivity contribution >= 4 is 17.7 Å². The van der Waals surface area contributed by atoms with Gasteiger partial charge in [-0.1, -0.05) is 42.5 Å². The van der Waals surface area contributed by atoms with Crippen LogP contribution in [0.25, 0.3) is 0 Å². The maximum Gasteiger partial charge on any atom is 0.234 e. The third kappa shape index (κ3) is 2.11. The summed E-state index contributed by atoms with van der Waals surface area (Å²) in [7, 11) is 0. The van der Waals surface area contributed by atoms with Gasteiger partial charge in [0.05, 0.1) is 18.4 Å². The summed E-state index contributed by atoms with van der Waals surface area (Å²) in [5.74, 6) is -1.34. The molecule has 1 saturated heterocycles. The second-order valence-corrected chi connectivity index (χ2v) is 7.19. The number of primary amides is 1. The first kappa shape index (κ1) is 15.1. The molecular weight excluding hydrogens is 304 g/mol. The van der Waals surface area contributed by atoms with E-state index in [0.29, 0.717) is 6.54 Å². The minimum Gasteiger partial charge on any atom is -0.370 e. The Labute approximate surface area is 140 Å². The van der Waals surface area contributed by atoms with Crippen LogP contribution in [-0.2, 0) is 20.9 Å². The van der Waals surface area contributed by atoms with Gasteiger partial charge in [0, 0.05) is 11.8 Å². The number of likely N-dealkylation sites (tertiary alicyclic amines) is 1. The lowest BCUT2D eigenvalue weighted by Gasteiger charge is -2.47. The Morgan fingerprint density at radius 2 is 1.96 bits per heavy atom. The summed E-state index contributed by atoms with van der Waals surface area (Å²) < 4.78 is 0. The summed E-state index contributed by atoms with van der Waals surface area (Å²) in [5, 5.41) is 0. The van der Waals surface area contributed by atoms with E-state index in [0.717, 1.165) is 18.4 Å². The van der Waals surface area contributed by atoms with Crippen molar-refractivity contribution in [3.05, 3.63) is 48.0 Å². The molecule has 124 valence electrons. The van der Waals surface area contributed by atoms with E-state index in [2.05, 4.69) is 0 Å². The fourth-order valence-corrected chi connectivity index (χ4v) is 4.78. The molecular formula is C19H20N2O3. The normalized spacial score (nSPS) is 33.8. The minimum absolute atomic E-state index is 0.0991. The van der Waals surface area contributed by atoms with Gasteiger partial charge >= 0.3 is 0 Å². The van der Waals surface area contributed by atoms with Gasteiger partial charge in [0.25, 0.3) is 0 Å². The quantitative estimate of drug-likeness (QED) is 0.675. The van der Waals surface area contributed by atoms with Crippen LogP contribution in [-0.4, -0.2) is 22.6 Å². The molecule has 0 spiro atoms. The summed E-state index contributed by atoms with van der Waals surface area (Å²) in [4.78, 5) is 38.9. The molecule has 2 fully saturated rings. The molecule has 3 aliphatic carbocycles. The first-order chi connectivity index (χ1) is 11.5. The number of hydrogen-bond donors (Lipinski definition) is 1.